The maximum Gasteiger partial charge on any atom is 0.228 e. The topological polar surface area (TPSA) is 29.1 Å². The van der Waals surface area contributed by atoms with Gasteiger partial charge < -0.3 is 5.32 Å². The Hall–Kier alpha value is -0.840. The minimum Gasteiger partial charge on any atom is -0.326 e. The van der Waals surface area contributed by atoms with Crippen LogP contribution in [0, 0.1) is 21.3 Å². The highest BCUT2D eigenvalue weighted by Gasteiger charge is 2.39. The lowest BCUT2D eigenvalue weighted by Crippen LogP contribution is -2.25. The molecule has 0 heterocycles. The Balaban J connectivity index is 1.68. The third-order valence-corrected chi connectivity index (χ3v) is 4.45. The van der Waals surface area contributed by atoms with E-state index < -0.39 is 0 Å². The van der Waals surface area contributed by atoms with Gasteiger partial charge in [0.15, 0.2) is 0 Å². The highest BCUT2D eigenvalue weighted by Crippen LogP contribution is 2.43. The molecule has 0 radical (unpaired) electrons. The van der Waals surface area contributed by atoms with Crippen LogP contribution < -0.4 is 5.32 Å². The van der Waals surface area contributed by atoms with E-state index in [1.54, 1.807) is 0 Å². The standard InChI is InChI=1S/C14H14INO/c15-11-3-5-12(6-4-11)16-14(17)13-8-9-1-2-10(13)7-9/h1-6,9-10,13H,7-8H2,(H,16,17). The van der Waals surface area contributed by atoms with Crippen molar-refractivity contribution in [3.05, 3.63) is 40.0 Å². The molecule has 0 aromatic heterocycles. The fourth-order valence-electron chi connectivity index (χ4n) is 2.85. The van der Waals surface area contributed by atoms with Crippen LogP contribution in [-0.2, 0) is 4.79 Å². The maximum atomic E-state index is 12.1. The Morgan fingerprint density at radius 1 is 1.18 bits per heavy atom. The van der Waals surface area contributed by atoms with E-state index in [-0.39, 0.29) is 11.8 Å². The number of benzene rings is 1. The number of allylic oxidation sites excluding steroid dienone is 2. The van der Waals surface area contributed by atoms with Gasteiger partial charge in [-0.25, -0.2) is 0 Å². The van der Waals surface area contributed by atoms with Gasteiger partial charge in [0.05, 0.1) is 0 Å². The number of amides is 1. The first-order valence-corrected chi connectivity index (χ1v) is 7.05. The average Bonchev–Trinajstić information content (AvgIpc) is 2.94. The summed E-state index contributed by atoms with van der Waals surface area (Å²) in [6.45, 7) is 0. The Labute approximate surface area is 115 Å². The highest BCUT2D eigenvalue weighted by atomic mass is 127. The van der Waals surface area contributed by atoms with Gasteiger partial charge in [-0.1, -0.05) is 12.2 Å². The van der Waals surface area contributed by atoms with E-state index in [1.807, 2.05) is 24.3 Å². The minimum atomic E-state index is 0.183. The molecule has 1 saturated carbocycles. The number of rotatable bonds is 2. The first-order valence-electron chi connectivity index (χ1n) is 5.97. The summed E-state index contributed by atoms with van der Waals surface area (Å²) in [5.74, 6) is 1.49. The summed E-state index contributed by atoms with van der Waals surface area (Å²) >= 11 is 2.26. The summed E-state index contributed by atoms with van der Waals surface area (Å²) in [7, 11) is 0. The maximum absolute atomic E-state index is 12.1. The molecule has 3 heteroatoms. The van der Waals surface area contributed by atoms with Crippen molar-refractivity contribution < 1.29 is 4.79 Å². The number of halogens is 1. The molecule has 2 aliphatic carbocycles. The van der Waals surface area contributed by atoms with E-state index in [0.717, 1.165) is 12.1 Å². The SMILES string of the molecule is O=C(Nc1ccc(I)cc1)C1CC2C=CC1C2. The van der Waals surface area contributed by atoms with E-state index in [4.69, 9.17) is 0 Å². The fourth-order valence-corrected chi connectivity index (χ4v) is 3.21. The van der Waals surface area contributed by atoms with Gasteiger partial charge in [-0.05, 0) is 71.5 Å². The van der Waals surface area contributed by atoms with Crippen molar-refractivity contribution in [1.29, 1.82) is 0 Å². The summed E-state index contributed by atoms with van der Waals surface area (Å²) in [6.07, 6.45) is 6.67. The van der Waals surface area contributed by atoms with Crippen LogP contribution in [0.4, 0.5) is 5.69 Å². The molecule has 3 unspecified atom stereocenters. The van der Waals surface area contributed by atoms with E-state index in [2.05, 4.69) is 40.1 Å². The molecule has 88 valence electrons. The van der Waals surface area contributed by atoms with Crippen LogP contribution in [0.25, 0.3) is 0 Å². The van der Waals surface area contributed by atoms with Crippen LogP contribution in [0.3, 0.4) is 0 Å². The van der Waals surface area contributed by atoms with E-state index in [9.17, 15) is 4.79 Å². The molecule has 2 bridgehead atoms. The van der Waals surface area contributed by atoms with Crippen molar-refractivity contribution in [2.45, 2.75) is 12.8 Å². The fraction of sp³-hybridized carbons (Fsp3) is 0.357. The minimum absolute atomic E-state index is 0.183. The quantitative estimate of drug-likeness (QED) is 0.649. The number of anilines is 1. The van der Waals surface area contributed by atoms with Crippen LogP contribution in [0.2, 0.25) is 0 Å². The number of carbonyl (C=O) groups excluding carboxylic acids is 1. The largest absolute Gasteiger partial charge is 0.326 e. The van der Waals surface area contributed by atoms with Crippen molar-refractivity contribution >= 4 is 34.2 Å². The molecule has 1 aromatic carbocycles. The summed E-state index contributed by atoms with van der Waals surface area (Å²) in [5.41, 5.74) is 0.905. The molecule has 3 rings (SSSR count). The molecule has 2 nitrogen and oxygen atoms in total. The Kier molecular flexibility index (Phi) is 2.94. The summed E-state index contributed by atoms with van der Waals surface area (Å²) < 4.78 is 1.18. The second-order valence-corrected chi connectivity index (χ2v) is 6.13. The molecule has 0 saturated heterocycles. The van der Waals surface area contributed by atoms with Crippen LogP contribution in [-0.4, -0.2) is 5.91 Å². The third kappa shape index (κ3) is 2.25. The third-order valence-electron chi connectivity index (χ3n) is 3.73. The summed E-state index contributed by atoms with van der Waals surface area (Å²) in [6, 6.07) is 7.94. The molecular formula is C14H14INO. The first-order chi connectivity index (χ1) is 8.22. The number of nitrogens with one attached hydrogen (secondary N) is 1. The van der Waals surface area contributed by atoms with Crippen LogP contribution >= 0.6 is 22.6 Å². The van der Waals surface area contributed by atoms with Crippen molar-refractivity contribution in [2.24, 2.45) is 17.8 Å². The molecule has 1 N–H and O–H groups in total. The van der Waals surface area contributed by atoms with E-state index in [1.165, 1.54) is 9.99 Å². The Bertz CT molecular complexity index is 466. The smallest absolute Gasteiger partial charge is 0.228 e. The van der Waals surface area contributed by atoms with E-state index >= 15 is 0 Å². The van der Waals surface area contributed by atoms with Crippen LogP contribution in [0.15, 0.2) is 36.4 Å². The lowest BCUT2D eigenvalue weighted by Gasteiger charge is -2.17. The van der Waals surface area contributed by atoms with Gasteiger partial charge in [0.2, 0.25) is 5.91 Å². The second-order valence-electron chi connectivity index (χ2n) is 4.88. The van der Waals surface area contributed by atoms with Crippen LogP contribution in [0.5, 0.6) is 0 Å². The van der Waals surface area contributed by atoms with Crippen molar-refractivity contribution in [3.8, 4) is 0 Å². The molecule has 2 aliphatic rings. The average molecular weight is 339 g/mol. The normalized spacial score (nSPS) is 29.6. The van der Waals surface area contributed by atoms with Crippen molar-refractivity contribution in [3.63, 3.8) is 0 Å². The van der Waals surface area contributed by atoms with Gasteiger partial charge in [0.1, 0.15) is 0 Å². The number of fused-ring (bicyclic) bond motifs is 2. The highest BCUT2D eigenvalue weighted by molar-refractivity contribution is 14.1. The van der Waals surface area contributed by atoms with Gasteiger partial charge in [-0.15, -0.1) is 0 Å². The molecular weight excluding hydrogens is 325 g/mol. The second kappa shape index (κ2) is 4.44. The molecule has 3 atom stereocenters. The number of hydrogen-bond acceptors (Lipinski definition) is 1. The van der Waals surface area contributed by atoms with E-state index in [0.29, 0.717) is 11.8 Å². The van der Waals surface area contributed by atoms with Gasteiger partial charge in [0, 0.05) is 15.2 Å². The summed E-state index contributed by atoms with van der Waals surface area (Å²) in [4.78, 5) is 12.1. The van der Waals surface area contributed by atoms with Crippen molar-refractivity contribution in [2.75, 3.05) is 5.32 Å². The molecule has 1 amide bonds. The van der Waals surface area contributed by atoms with Gasteiger partial charge in [-0.3, -0.25) is 4.79 Å². The first kappa shape index (κ1) is 11.3. The molecule has 0 spiro atoms. The number of carbonyl (C=O) groups is 1. The zero-order valence-electron chi connectivity index (χ0n) is 9.40. The number of hydrogen-bond donors (Lipinski definition) is 1. The van der Waals surface area contributed by atoms with Gasteiger partial charge in [0.25, 0.3) is 0 Å². The molecule has 1 fully saturated rings. The Morgan fingerprint density at radius 2 is 1.94 bits per heavy atom. The zero-order valence-corrected chi connectivity index (χ0v) is 11.6. The monoisotopic (exact) mass is 339 g/mol. The van der Waals surface area contributed by atoms with Gasteiger partial charge >= 0.3 is 0 Å². The predicted molar refractivity (Wildman–Crippen MR) is 76.6 cm³/mol. The molecule has 17 heavy (non-hydrogen) atoms. The predicted octanol–water partition coefficient (Wildman–Crippen LogP) is 3.44. The Morgan fingerprint density at radius 3 is 2.53 bits per heavy atom. The lowest BCUT2D eigenvalue weighted by molar-refractivity contribution is -0.120. The van der Waals surface area contributed by atoms with Crippen LogP contribution in [0.1, 0.15) is 12.8 Å². The molecule has 0 aliphatic heterocycles. The molecule has 1 aromatic rings. The van der Waals surface area contributed by atoms with Crippen molar-refractivity contribution in [1.82, 2.24) is 0 Å². The zero-order chi connectivity index (χ0) is 11.8. The van der Waals surface area contributed by atoms with Gasteiger partial charge in [-0.2, -0.15) is 0 Å². The lowest BCUT2D eigenvalue weighted by atomic mass is 9.93. The summed E-state index contributed by atoms with van der Waals surface area (Å²) in [5, 5.41) is 3.02.